The molecule has 1 aliphatic carbocycles. The first kappa shape index (κ1) is 18.9. The average Bonchev–Trinajstić information content (AvgIpc) is 3.34. The number of aromatic amines is 1. The predicted molar refractivity (Wildman–Crippen MR) is 121 cm³/mol. The maximum absolute atomic E-state index is 12.8. The van der Waals surface area contributed by atoms with Crippen LogP contribution >= 0.6 is 11.3 Å². The van der Waals surface area contributed by atoms with Gasteiger partial charge in [0, 0.05) is 4.88 Å². The summed E-state index contributed by atoms with van der Waals surface area (Å²) in [6, 6.07) is 15.7. The van der Waals surface area contributed by atoms with E-state index in [-0.39, 0.29) is 5.91 Å². The van der Waals surface area contributed by atoms with E-state index in [0.717, 1.165) is 51.6 Å². The van der Waals surface area contributed by atoms with E-state index in [0.29, 0.717) is 6.42 Å². The SMILES string of the molecule is COc1ccc(CC(=O)Nc2sc3c(c2-c2nc4ccccc4[nH]2)CCCC3)cc1. The minimum atomic E-state index is -0.0175. The Morgan fingerprint density at radius 1 is 1.13 bits per heavy atom. The highest BCUT2D eigenvalue weighted by molar-refractivity contribution is 7.17. The molecule has 6 heteroatoms. The average molecular weight is 418 g/mol. The van der Waals surface area contributed by atoms with Crippen molar-refractivity contribution in [3.8, 4) is 17.1 Å². The molecule has 152 valence electrons. The fourth-order valence-electron chi connectivity index (χ4n) is 4.08. The van der Waals surface area contributed by atoms with Crippen LogP contribution in [-0.2, 0) is 24.1 Å². The Morgan fingerprint density at radius 2 is 1.93 bits per heavy atom. The van der Waals surface area contributed by atoms with Crippen molar-refractivity contribution in [3.63, 3.8) is 0 Å². The third-order valence-corrected chi connectivity index (χ3v) is 6.78. The predicted octanol–water partition coefficient (Wildman–Crippen LogP) is 5.36. The molecule has 1 amide bonds. The number of benzene rings is 2. The number of nitrogens with one attached hydrogen (secondary N) is 2. The summed E-state index contributed by atoms with van der Waals surface area (Å²) in [4.78, 5) is 22.5. The molecule has 0 radical (unpaired) electrons. The van der Waals surface area contributed by atoms with Crippen molar-refractivity contribution >= 4 is 33.3 Å². The van der Waals surface area contributed by atoms with E-state index < -0.39 is 0 Å². The number of aromatic nitrogens is 2. The van der Waals surface area contributed by atoms with Gasteiger partial charge in [-0.3, -0.25) is 4.79 Å². The quantitative estimate of drug-likeness (QED) is 0.459. The number of aryl methyl sites for hydroxylation is 1. The van der Waals surface area contributed by atoms with Crippen LogP contribution < -0.4 is 10.1 Å². The van der Waals surface area contributed by atoms with E-state index in [1.54, 1.807) is 18.4 Å². The number of methoxy groups -OCH3 is 1. The van der Waals surface area contributed by atoms with Crippen LogP contribution in [0.3, 0.4) is 0 Å². The van der Waals surface area contributed by atoms with Crippen LogP contribution in [0.4, 0.5) is 5.00 Å². The first-order valence-electron chi connectivity index (χ1n) is 10.2. The molecule has 5 nitrogen and oxygen atoms in total. The van der Waals surface area contributed by atoms with Gasteiger partial charge in [0.05, 0.1) is 30.1 Å². The lowest BCUT2D eigenvalue weighted by molar-refractivity contribution is -0.115. The van der Waals surface area contributed by atoms with E-state index in [1.165, 1.54) is 23.3 Å². The molecular weight excluding hydrogens is 394 g/mol. The minimum absolute atomic E-state index is 0.0175. The molecule has 0 spiro atoms. The van der Waals surface area contributed by atoms with Gasteiger partial charge in [-0.1, -0.05) is 24.3 Å². The van der Waals surface area contributed by atoms with Crippen LogP contribution in [-0.4, -0.2) is 23.0 Å². The number of hydrogen-bond acceptors (Lipinski definition) is 4. The summed E-state index contributed by atoms with van der Waals surface area (Å²) in [5.74, 6) is 1.61. The molecule has 0 saturated carbocycles. The Kier molecular flexibility index (Phi) is 5.01. The molecule has 0 unspecified atom stereocenters. The van der Waals surface area contributed by atoms with Gasteiger partial charge in [0.25, 0.3) is 0 Å². The van der Waals surface area contributed by atoms with E-state index in [2.05, 4.69) is 10.3 Å². The zero-order valence-electron chi connectivity index (χ0n) is 16.8. The number of rotatable bonds is 5. The highest BCUT2D eigenvalue weighted by Crippen LogP contribution is 2.43. The Balaban J connectivity index is 1.46. The standard InChI is InChI=1S/C24H23N3O2S/c1-29-16-12-10-15(11-13-16)14-21(28)27-24-22(17-6-2-5-9-20(17)30-24)23-25-18-7-3-4-8-19(18)26-23/h3-4,7-8,10-13H,2,5-6,9,14H2,1H3,(H,25,26)(H,27,28). The monoisotopic (exact) mass is 417 g/mol. The van der Waals surface area contributed by atoms with Crippen molar-refractivity contribution in [3.05, 3.63) is 64.5 Å². The molecule has 0 bridgehead atoms. The molecule has 1 aliphatic rings. The number of para-hydroxylation sites is 2. The van der Waals surface area contributed by atoms with Gasteiger partial charge in [-0.25, -0.2) is 4.98 Å². The summed E-state index contributed by atoms with van der Waals surface area (Å²) in [6.45, 7) is 0. The van der Waals surface area contributed by atoms with Gasteiger partial charge in [-0.05, 0) is 61.1 Å². The molecule has 0 aliphatic heterocycles. The zero-order valence-corrected chi connectivity index (χ0v) is 17.6. The smallest absolute Gasteiger partial charge is 0.229 e. The van der Waals surface area contributed by atoms with Crippen LogP contribution in [0.25, 0.3) is 22.4 Å². The number of carbonyl (C=O) groups is 1. The summed E-state index contributed by atoms with van der Waals surface area (Å²) < 4.78 is 5.20. The maximum Gasteiger partial charge on any atom is 0.229 e. The Hall–Kier alpha value is -3.12. The summed E-state index contributed by atoms with van der Waals surface area (Å²) >= 11 is 1.70. The number of amides is 1. The third-order valence-electron chi connectivity index (χ3n) is 5.57. The second-order valence-corrected chi connectivity index (χ2v) is 8.70. The number of ether oxygens (including phenoxy) is 1. The number of fused-ring (bicyclic) bond motifs is 2. The number of carbonyl (C=O) groups excluding carboxylic acids is 1. The summed E-state index contributed by atoms with van der Waals surface area (Å²) in [5.41, 5.74) is 5.32. The van der Waals surface area contributed by atoms with Crippen molar-refractivity contribution in [1.29, 1.82) is 0 Å². The maximum atomic E-state index is 12.8. The van der Waals surface area contributed by atoms with Gasteiger partial charge in [0.2, 0.25) is 5.91 Å². The highest BCUT2D eigenvalue weighted by atomic mass is 32.1. The van der Waals surface area contributed by atoms with Crippen molar-refractivity contribution < 1.29 is 9.53 Å². The topological polar surface area (TPSA) is 67.0 Å². The number of thiophene rings is 1. The fourth-order valence-corrected chi connectivity index (χ4v) is 5.38. The van der Waals surface area contributed by atoms with Crippen molar-refractivity contribution in [1.82, 2.24) is 9.97 Å². The van der Waals surface area contributed by atoms with Gasteiger partial charge < -0.3 is 15.0 Å². The number of H-pyrrole nitrogens is 1. The van der Waals surface area contributed by atoms with Gasteiger partial charge in [-0.15, -0.1) is 11.3 Å². The van der Waals surface area contributed by atoms with Gasteiger partial charge in [0.1, 0.15) is 16.6 Å². The Labute approximate surface area is 179 Å². The van der Waals surface area contributed by atoms with Crippen LogP contribution in [0.1, 0.15) is 28.8 Å². The Bertz CT molecular complexity index is 1170. The second kappa shape index (κ2) is 7.95. The van der Waals surface area contributed by atoms with Gasteiger partial charge in [-0.2, -0.15) is 0 Å². The van der Waals surface area contributed by atoms with Crippen molar-refractivity contribution in [2.75, 3.05) is 12.4 Å². The molecule has 0 saturated heterocycles. The van der Waals surface area contributed by atoms with Gasteiger partial charge in [0.15, 0.2) is 0 Å². The lowest BCUT2D eigenvalue weighted by Crippen LogP contribution is -2.14. The van der Waals surface area contributed by atoms with Gasteiger partial charge >= 0.3 is 0 Å². The molecule has 2 aromatic carbocycles. The fraction of sp³-hybridized carbons (Fsp3) is 0.250. The highest BCUT2D eigenvalue weighted by Gasteiger charge is 2.25. The normalized spacial score (nSPS) is 13.2. The van der Waals surface area contributed by atoms with Crippen LogP contribution in [0, 0.1) is 0 Å². The minimum Gasteiger partial charge on any atom is -0.497 e. The van der Waals surface area contributed by atoms with Crippen LogP contribution in [0.5, 0.6) is 5.75 Å². The van der Waals surface area contributed by atoms with E-state index >= 15 is 0 Å². The van der Waals surface area contributed by atoms with Crippen LogP contribution in [0.2, 0.25) is 0 Å². The lowest BCUT2D eigenvalue weighted by Gasteiger charge is -2.12. The molecule has 2 N–H and O–H groups in total. The number of imidazole rings is 1. The number of nitrogens with zero attached hydrogens (tertiary/aromatic N) is 1. The summed E-state index contributed by atoms with van der Waals surface area (Å²) in [6.07, 6.45) is 4.81. The van der Waals surface area contributed by atoms with Crippen molar-refractivity contribution in [2.24, 2.45) is 0 Å². The first-order valence-corrected chi connectivity index (χ1v) is 11.1. The summed E-state index contributed by atoms with van der Waals surface area (Å²) in [5, 5.41) is 4.08. The zero-order chi connectivity index (χ0) is 20.5. The molecule has 5 rings (SSSR count). The molecule has 0 atom stereocenters. The molecule has 2 heterocycles. The molecule has 0 fully saturated rings. The van der Waals surface area contributed by atoms with E-state index in [1.807, 2.05) is 48.5 Å². The molecule has 4 aromatic rings. The first-order chi connectivity index (χ1) is 14.7. The van der Waals surface area contributed by atoms with Crippen molar-refractivity contribution in [2.45, 2.75) is 32.1 Å². The summed E-state index contributed by atoms with van der Waals surface area (Å²) in [7, 11) is 1.64. The Morgan fingerprint density at radius 3 is 2.73 bits per heavy atom. The molecular formula is C24H23N3O2S. The molecule has 2 aromatic heterocycles. The lowest BCUT2D eigenvalue weighted by atomic mass is 9.95. The van der Waals surface area contributed by atoms with E-state index in [4.69, 9.17) is 9.72 Å². The van der Waals surface area contributed by atoms with Crippen LogP contribution in [0.15, 0.2) is 48.5 Å². The van der Waals surface area contributed by atoms with E-state index in [9.17, 15) is 4.79 Å². The second-order valence-electron chi connectivity index (χ2n) is 7.59. The number of anilines is 1. The largest absolute Gasteiger partial charge is 0.497 e. The number of hydrogen-bond donors (Lipinski definition) is 2. The third kappa shape index (κ3) is 3.59. The molecule has 30 heavy (non-hydrogen) atoms.